The highest BCUT2D eigenvalue weighted by Crippen LogP contribution is 2.40. The minimum absolute atomic E-state index is 0.544. The van der Waals surface area contributed by atoms with Gasteiger partial charge in [-0.25, -0.2) is 0 Å². The number of benzene rings is 1. The zero-order chi connectivity index (χ0) is 13.9. The zero-order valence-electron chi connectivity index (χ0n) is 12.0. The monoisotopic (exact) mass is 295 g/mol. The van der Waals surface area contributed by atoms with Crippen LogP contribution in [0.15, 0.2) is 6.07 Å². The molecule has 1 fully saturated rings. The average molecular weight is 296 g/mol. The lowest BCUT2D eigenvalue weighted by molar-refractivity contribution is 0.296. The van der Waals surface area contributed by atoms with Gasteiger partial charge < -0.3 is 14.8 Å². The van der Waals surface area contributed by atoms with E-state index in [1.165, 1.54) is 24.0 Å². The van der Waals surface area contributed by atoms with Crippen molar-refractivity contribution in [3.8, 4) is 11.5 Å². The highest BCUT2D eigenvalue weighted by molar-refractivity contribution is 6.31. The van der Waals surface area contributed by atoms with E-state index in [0.717, 1.165) is 48.9 Å². The summed E-state index contributed by atoms with van der Waals surface area (Å²) in [5.41, 5.74) is 2.46. The van der Waals surface area contributed by atoms with E-state index in [1.54, 1.807) is 0 Å². The first-order valence-corrected chi connectivity index (χ1v) is 8.00. The van der Waals surface area contributed by atoms with Crippen LogP contribution in [0.1, 0.15) is 37.3 Å². The summed E-state index contributed by atoms with van der Waals surface area (Å²) in [4.78, 5) is 0. The van der Waals surface area contributed by atoms with Crippen molar-refractivity contribution >= 4 is 11.6 Å². The number of fused-ring (bicyclic) bond motifs is 1. The number of hydrogen-bond donors (Lipinski definition) is 1. The molecule has 0 spiro atoms. The Kier molecular flexibility index (Phi) is 4.37. The van der Waals surface area contributed by atoms with Gasteiger partial charge in [-0.05, 0) is 37.8 Å². The van der Waals surface area contributed by atoms with Gasteiger partial charge in [-0.3, -0.25) is 0 Å². The van der Waals surface area contributed by atoms with E-state index in [9.17, 15) is 0 Å². The molecule has 2 aliphatic rings. The minimum Gasteiger partial charge on any atom is -0.489 e. The van der Waals surface area contributed by atoms with E-state index in [4.69, 9.17) is 21.1 Å². The number of ether oxygens (including phenoxy) is 2. The zero-order valence-corrected chi connectivity index (χ0v) is 12.8. The molecule has 1 aromatic rings. The molecular formula is C16H22ClNO2. The number of hydrogen-bond acceptors (Lipinski definition) is 3. The molecule has 0 aromatic heterocycles. The third-order valence-electron chi connectivity index (χ3n) is 4.17. The molecule has 2 aliphatic heterocycles. The summed E-state index contributed by atoms with van der Waals surface area (Å²) in [6.45, 7) is 4.71. The number of halogens is 1. The standard InChI is InChI=1S/C16H22ClNO2/c1-2-12-13(9-11-5-3-6-18-11)14(17)10-15-16(12)20-8-4-7-19-15/h10-11,18H,2-9H2,1H3. The van der Waals surface area contributed by atoms with Crippen LogP contribution in [0.5, 0.6) is 11.5 Å². The van der Waals surface area contributed by atoms with E-state index in [-0.39, 0.29) is 0 Å². The molecule has 1 N–H and O–H groups in total. The van der Waals surface area contributed by atoms with Gasteiger partial charge in [0, 0.05) is 29.1 Å². The second-order valence-corrected chi connectivity index (χ2v) is 5.95. The summed E-state index contributed by atoms with van der Waals surface area (Å²) < 4.78 is 11.7. The van der Waals surface area contributed by atoms with Gasteiger partial charge in [-0.1, -0.05) is 18.5 Å². The molecule has 4 heteroatoms. The van der Waals surface area contributed by atoms with Crippen LogP contribution in [-0.2, 0) is 12.8 Å². The van der Waals surface area contributed by atoms with Crippen molar-refractivity contribution in [1.82, 2.24) is 5.32 Å². The summed E-state index contributed by atoms with van der Waals surface area (Å²) in [7, 11) is 0. The van der Waals surface area contributed by atoms with Crippen molar-refractivity contribution in [2.75, 3.05) is 19.8 Å². The van der Waals surface area contributed by atoms with Crippen LogP contribution in [0.25, 0.3) is 0 Å². The molecule has 3 nitrogen and oxygen atoms in total. The molecule has 1 aromatic carbocycles. The first-order chi connectivity index (χ1) is 9.79. The predicted molar refractivity (Wildman–Crippen MR) is 81.2 cm³/mol. The van der Waals surface area contributed by atoms with Gasteiger partial charge in [0.25, 0.3) is 0 Å². The molecule has 0 aliphatic carbocycles. The SMILES string of the molecule is CCc1c(CC2CCCN2)c(Cl)cc2c1OCCCO2. The second-order valence-electron chi connectivity index (χ2n) is 5.54. The minimum atomic E-state index is 0.544. The molecular weight excluding hydrogens is 274 g/mol. The Labute approximate surface area is 125 Å². The third-order valence-corrected chi connectivity index (χ3v) is 4.50. The van der Waals surface area contributed by atoms with Crippen LogP contribution in [0.2, 0.25) is 5.02 Å². The maximum atomic E-state index is 6.51. The van der Waals surface area contributed by atoms with Crippen LogP contribution in [0.3, 0.4) is 0 Å². The van der Waals surface area contributed by atoms with Gasteiger partial charge in [0.1, 0.15) is 0 Å². The topological polar surface area (TPSA) is 30.5 Å². The molecule has 1 unspecified atom stereocenters. The maximum absolute atomic E-state index is 6.51. The van der Waals surface area contributed by atoms with E-state index in [1.807, 2.05) is 6.07 Å². The Morgan fingerprint density at radius 2 is 2.10 bits per heavy atom. The summed E-state index contributed by atoms with van der Waals surface area (Å²) >= 11 is 6.51. The van der Waals surface area contributed by atoms with Crippen molar-refractivity contribution in [3.63, 3.8) is 0 Å². The molecule has 110 valence electrons. The third kappa shape index (κ3) is 2.75. The van der Waals surface area contributed by atoms with Crippen molar-refractivity contribution < 1.29 is 9.47 Å². The van der Waals surface area contributed by atoms with E-state index in [2.05, 4.69) is 12.2 Å². The van der Waals surface area contributed by atoms with Gasteiger partial charge >= 0.3 is 0 Å². The highest BCUT2D eigenvalue weighted by atomic mass is 35.5. The van der Waals surface area contributed by atoms with E-state index >= 15 is 0 Å². The number of rotatable bonds is 3. The molecule has 3 rings (SSSR count). The smallest absolute Gasteiger partial charge is 0.164 e. The van der Waals surface area contributed by atoms with Crippen molar-refractivity contribution in [3.05, 3.63) is 22.2 Å². The largest absolute Gasteiger partial charge is 0.489 e. The van der Waals surface area contributed by atoms with Crippen LogP contribution in [0, 0.1) is 0 Å². The Hall–Kier alpha value is -0.930. The van der Waals surface area contributed by atoms with Gasteiger partial charge in [0.2, 0.25) is 0 Å². The van der Waals surface area contributed by atoms with Crippen LogP contribution < -0.4 is 14.8 Å². The summed E-state index contributed by atoms with van der Waals surface area (Å²) in [5, 5.41) is 4.36. The first kappa shape index (κ1) is 14.0. The van der Waals surface area contributed by atoms with E-state index in [0.29, 0.717) is 12.6 Å². The van der Waals surface area contributed by atoms with Crippen molar-refractivity contribution in [2.24, 2.45) is 0 Å². The Morgan fingerprint density at radius 1 is 1.25 bits per heavy atom. The maximum Gasteiger partial charge on any atom is 0.164 e. The lowest BCUT2D eigenvalue weighted by Crippen LogP contribution is -2.24. The average Bonchev–Trinajstić information content (AvgIpc) is 2.85. The van der Waals surface area contributed by atoms with Crippen molar-refractivity contribution in [2.45, 2.75) is 45.1 Å². The lowest BCUT2D eigenvalue weighted by Gasteiger charge is -2.20. The quantitative estimate of drug-likeness (QED) is 0.927. The summed E-state index contributed by atoms with van der Waals surface area (Å²) in [5.74, 6) is 1.73. The first-order valence-electron chi connectivity index (χ1n) is 7.62. The normalized spacial score (nSPS) is 21.8. The lowest BCUT2D eigenvalue weighted by atomic mass is 9.96. The summed E-state index contributed by atoms with van der Waals surface area (Å²) in [6, 6.07) is 2.48. The van der Waals surface area contributed by atoms with Crippen LogP contribution in [0.4, 0.5) is 0 Å². The molecule has 2 heterocycles. The van der Waals surface area contributed by atoms with Crippen molar-refractivity contribution in [1.29, 1.82) is 0 Å². The molecule has 0 bridgehead atoms. The molecule has 0 saturated carbocycles. The van der Waals surface area contributed by atoms with Gasteiger partial charge in [-0.15, -0.1) is 0 Å². The number of nitrogens with one attached hydrogen (secondary N) is 1. The molecule has 0 amide bonds. The van der Waals surface area contributed by atoms with Gasteiger partial charge in [-0.2, -0.15) is 0 Å². The van der Waals surface area contributed by atoms with Gasteiger partial charge in [0.15, 0.2) is 11.5 Å². The highest BCUT2D eigenvalue weighted by Gasteiger charge is 2.23. The van der Waals surface area contributed by atoms with Crippen LogP contribution >= 0.6 is 11.6 Å². The fourth-order valence-electron chi connectivity index (χ4n) is 3.15. The fourth-order valence-corrected chi connectivity index (χ4v) is 3.44. The Morgan fingerprint density at radius 3 is 2.85 bits per heavy atom. The second kappa shape index (κ2) is 6.23. The Balaban J connectivity index is 1.97. The molecule has 1 atom stereocenters. The molecule has 0 radical (unpaired) electrons. The fraction of sp³-hybridized carbons (Fsp3) is 0.625. The summed E-state index contributed by atoms with van der Waals surface area (Å²) in [6.07, 6.45) is 5.32. The Bertz CT molecular complexity index is 484. The molecule has 1 saturated heterocycles. The van der Waals surface area contributed by atoms with Gasteiger partial charge in [0.05, 0.1) is 13.2 Å². The predicted octanol–water partition coefficient (Wildman–Crippen LogP) is 3.36. The van der Waals surface area contributed by atoms with E-state index < -0.39 is 0 Å². The van der Waals surface area contributed by atoms with Crippen LogP contribution in [-0.4, -0.2) is 25.8 Å². The molecule has 20 heavy (non-hydrogen) atoms.